The summed E-state index contributed by atoms with van der Waals surface area (Å²) in [4.78, 5) is 22.9. The lowest BCUT2D eigenvalue weighted by Crippen LogP contribution is -2.16. The number of hydrogen-bond acceptors (Lipinski definition) is 7. The summed E-state index contributed by atoms with van der Waals surface area (Å²) in [6.45, 7) is 3.98. The van der Waals surface area contributed by atoms with Crippen molar-refractivity contribution in [1.82, 2.24) is 19.7 Å². The smallest absolute Gasteiger partial charge is 0.273 e. The number of amides is 1. The number of aryl methyl sites for hydroxylation is 3. The van der Waals surface area contributed by atoms with Gasteiger partial charge in [0.1, 0.15) is 17.2 Å². The SMILES string of the molecule is Cc1ccc(Nc2cc(C)nc(Nc3ccc(NC(=O)c4cc(-c5cccs5)nn4C)cc3)n2)cc1. The number of carbonyl (C=O) groups excluding carboxylic acids is 1. The second kappa shape index (κ2) is 10.0. The minimum atomic E-state index is -0.220. The van der Waals surface area contributed by atoms with Crippen LogP contribution in [0.15, 0.2) is 78.2 Å². The molecule has 0 saturated carbocycles. The van der Waals surface area contributed by atoms with Crippen molar-refractivity contribution in [2.75, 3.05) is 16.0 Å². The topological polar surface area (TPSA) is 96.8 Å². The number of hydrogen-bond donors (Lipinski definition) is 3. The summed E-state index contributed by atoms with van der Waals surface area (Å²) in [6.07, 6.45) is 0. The van der Waals surface area contributed by atoms with Crippen molar-refractivity contribution in [1.29, 1.82) is 0 Å². The Morgan fingerprint density at radius 3 is 2.28 bits per heavy atom. The minimum absolute atomic E-state index is 0.220. The lowest BCUT2D eigenvalue weighted by Gasteiger charge is -2.11. The molecular formula is C27H25N7OS. The number of rotatable bonds is 7. The van der Waals surface area contributed by atoms with Gasteiger partial charge in [-0.1, -0.05) is 23.8 Å². The van der Waals surface area contributed by atoms with Gasteiger partial charge in [0.05, 0.1) is 4.88 Å². The van der Waals surface area contributed by atoms with Gasteiger partial charge in [-0.25, -0.2) is 4.98 Å². The lowest BCUT2D eigenvalue weighted by atomic mass is 10.2. The van der Waals surface area contributed by atoms with Crippen molar-refractivity contribution in [2.24, 2.45) is 7.05 Å². The Labute approximate surface area is 213 Å². The number of thiophene rings is 1. The van der Waals surface area contributed by atoms with Gasteiger partial charge < -0.3 is 16.0 Å². The third kappa shape index (κ3) is 5.42. The summed E-state index contributed by atoms with van der Waals surface area (Å²) in [5.74, 6) is 0.968. The standard InChI is InChI=1S/C27H25N7OS/c1-17-6-8-19(9-7-17)29-25-15-18(2)28-27(32-25)31-21-12-10-20(11-13-21)30-26(35)23-16-22(33-34(23)3)24-5-4-14-36-24/h4-16H,1-3H3,(H,30,35)(H2,28,29,31,32). The average Bonchev–Trinajstić information content (AvgIpc) is 3.51. The first-order valence-corrected chi connectivity index (χ1v) is 12.3. The van der Waals surface area contributed by atoms with E-state index < -0.39 is 0 Å². The molecule has 3 aromatic heterocycles. The molecule has 9 heteroatoms. The second-order valence-electron chi connectivity index (χ2n) is 8.38. The number of nitrogens with zero attached hydrogens (tertiary/aromatic N) is 4. The van der Waals surface area contributed by atoms with E-state index >= 15 is 0 Å². The predicted octanol–water partition coefficient (Wildman–Crippen LogP) is 6.29. The first-order valence-electron chi connectivity index (χ1n) is 11.4. The van der Waals surface area contributed by atoms with Crippen LogP contribution in [-0.2, 0) is 7.05 Å². The Balaban J connectivity index is 1.25. The van der Waals surface area contributed by atoms with E-state index in [4.69, 9.17) is 0 Å². The van der Waals surface area contributed by atoms with Crippen LogP contribution in [-0.4, -0.2) is 25.7 Å². The third-order valence-corrected chi connectivity index (χ3v) is 6.36. The number of aromatic nitrogens is 4. The van der Waals surface area contributed by atoms with Gasteiger partial charge >= 0.3 is 0 Å². The van der Waals surface area contributed by atoms with Crippen LogP contribution in [0.3, 0.4) is 0 Å². The van der Waals surface area contributed by atoms with E-state index in [1.54, 1.807) is 29.1 Å². The molecule has 0 fully saturated rings. The molecule has 8 nitrogen and oxygen atoms in total. The molecular weight excluding hydrogens is 470 g/mol. The van der Waals surface area contributed by atoms with Crippen molar-refractivity contribution >= 4 is 46.1 Å². The third-order valence-electron chi connectivity index (χ3n) is 5.46. The summed E-state index contributed by atoms with van der Waals surface area (Å²) >= 11 is 1.59. The van der Waals surface area contributed by atoms with Gasteiger partial charge in [0, 0.05) is 35.9 Å². The highest BCUT2D eigenvalue weighted by Crippen LogP contribution is 2.25. The first-order chi connectivity index (χ1) is 17.4. The normalized spacial score (nSPS) is 10.8. The molecule has 2 aromatic carbocycles. The molecule has 180 valence electrons. The van der Waals surface area contributed by atoms with E-state index in [1.165, 1.54) is 5.56 Å². The van der Waals surface area contributed by atoms with Gasteiger partial charge in [-0.3, -0.25) is 9.48 Å². The van der Waals surface area contributed by atoms with E-state index in [-0.39, 0.29) is 5.91 Å². The van der Waals surface area contributed by atoms with Gasteiger partial charge in [0.25, 0.3) is 5.91 Å². The molecule has 0 aliphatic rings. The number of benzene rings is 2. The fourth-order valence-corrected chi connectivity index (χ4v) is 4.34. The summed E-state index contributed by atoms with van der Waals surface area (Å²) < 4.78 is 1.59. The van der Waals surface area contributed by atoms with Crippen molar-refractivity contribution in [3.63, 3.8) is 0 Å². The van der Waals surface area contributed by atoms with E-state index in [0.29, 0.717) is 23.1 Å². The maximum Gasteiger partial charge on any atom is 0.273 e. The Morgan fingerprint density at radius 2 is 1.56 bits per heavy atom. The number of carbonyl (C=O) groups is 1. The summed E-state index contributed by atoms with van der Waals surface area (Å²) in [5, 5.41) is 15.9. The van der Waals surface area contributed by atoms with Crippen LogP contribution >= 0.6 is 11.3 Å². The molecule has 3 heterocycles. The van der Waals surface area contributed by atoms with Gasteiger partial charge in [-0.15, -0.1) is 11.3 Å². The minimum Gasteiger partial charge on any atom is -0.340 e. The van der Waals surface area contributed by atoms with Crippen LogP contribution in [0.5, 0.6) is 0 Å². The Morgan fingerprint density at radius 1 is 0.861 bits per heavy atom. The maximum absolute atomic E-state index is 12.8. The Kier molecular flexibility index (Phi) is 6.46. The molecule has 0 radical (unpaired) electrons. The van der Waals surface area contributed by atoms with Crippen molar-refractivity contribution in [3.8, 4) is 10.6 Å². The summed E-state index contributed by atoms with van der Waals surface area (Å²) in [7, 11) is 1.77. The van der Waals surface area contributed by atoms with Crippen LogP contribution in [0.1, 0.15) is 21.7 Å². The largest absolute Gasteiger partial charge is 0.340 e. The Hall–Kier alpha value is -4.50. The molecule has 0 bridgehead atoms. The number of nitrogens with one attached hydrogen (secondary N) is 3. The number of anilines is 5. The van der Waals surface area contributed by atoms with Crippen LogP contribution in [0.25, 0.3) is 10.6 Å². The van der Waals surface area contributed by atoms with Crippen LogP contribution in [0.4, 0.5) is 28.8 Å². The highest BCUT2D eigenvalue weighted by Gasteiger charge is 2.15. The summed E-state index contributed by atoms with van der Waals surface area (Å²) in [6, 6.07) is 23.2. The fraction of sp³-hybridized carbons (Fsp3) is 0.111. The molecule has 36 heavy (non-hydrogen) atoms. The molecule has 0 unspecified atom stereocenters. The second-order valence-corrected chi connectivity index (χ2v) is 9.33. The highest BCUT2D eigenvalue weighted by molar-refractivity contribution is 7.13. The lowest BCUT2D eigenvalue weighted by molar-refractivity contribution is 0.101. The van der Waals surface area contributed by atoms with E-state index in [2.05, 4.69) is 37.9 Å². The molecule has 1 amide bonds. The monoisotopic (exact) mass is 495 g/mol. The average molecular weight is 496 g/mol. The zero-order valence-electron chi connectivity index (χ0n) is 20.1. The van der Waals surface area contributed by atoms with E-state index in [1.807, 2.05) is 79.0 Å². The Bertz CT molecular complexity index is 1490. The molecule has 0 aliphatic carbocycles. The highest BCUT2D eigenvalue weighted by atomic mass is 32.1. The maximum atomic E-state index is 12.8. The van der Waals surface area contributed by atoms with Gasteiger partial charge in [-0.05, 0) is 67.8 Å². The molecule has 0 saturated heterocycles. The predicted molar refractivity (Wildman–Crippen MR) is 145 cm³/mol. The molecule has 0 atom stereocenters. The molecule has 0 spiro atoms. The van der Waals surface area contributed by atoms with Crippen molar-refractivity contribution in [3.05, 3.63) is 95.1 Å². The molecule has 5 aromatic rings. The van der Waals surface area contributed by atoms with Crippen LogP contribution in [0, 0.1) is 13.8 Å². The first kappa shape index (κ1) is 23.3. The molecule has 3 N–H and O–H groups in total. The quantitative estimate of drug-likeness (QED) is 0.245. The molecule has 0 aliphatic heterocycles. The van der Waals surface area contributed by atoms with E-state index in [0.717, 1.165) is 27.6 Å². The zero-order valence-corrected chi connectivity index (χ0v) is 20.9. The van der Waals surface area contributed by atoms with Crippen LogP contribution in [0.2, 0.25) is 0 Å². The van der Waals surface area contributed by atoms with Gasteiger partial charge in [-0.2, -0.15) is 10.1 Å². The van der Waals surface area contributed by atoms with Crippen LogP contribution < -0.4 is 16.0 Å². The zero-order chi connectivity index (χ0) is 25.1. The summed E-state index contributed by atoms with van der Waals surface area (Å²) in [5.41, 5.74) is 5.75. The fourth-order valence-electron chi connectivity index (χ4n) is 3.66. The van der Waals surface area contributed by atoms with Crippen molar-refractivity contribution in [2.45, 2.75) is 13.8 Å². The van der Waals surface area contributed by atoms with Crippen molar-refractivity contribution < 1.29 is 4.79 Å². The van der Waals surface area contributed by atoms with Gasteiger partial charge in [0.2, 0.25) is 5.95 Å². The van der Waals surface area contributed by atoms with E-state index in [9.17, 15) is 4.79 Å². The molecule has 5 rings (SSSR count). The van der Waals surface area contributed by atoms with Gasteiger partial charge in [0.15, 0.2) is 0 Å².